The van der Waals surface area contributed by atoms with E-state index in [4.69, 9.17) is 0 Å². The van der Waals surface area contributed by atoms with Crippen LogP contribution >= 0.6 is 0 Å². The maximum absolute atomic E-state index is 10.9. The van der Waals surface area contributed by atoms with Crippen LogP contribution in [0.4, 0.5) is 0 Å². The van der Waals surface area contributed by atoms with Crippen LogP contribution in [0, 0.1) is 17.8 Å². The summed E-state index contributed by atoms with van der Waals surface area (Å²) in [6.07, 6.45) is 3.94. The summed E-state index contributed by atoms with van der Waals surface area (Å²) < 4.78 is 0. The molecule has 0 aromatic heterocycles. The van der Waals surface area contributed by atoms with Crippen molar-refractivity contribution in [3.8, 4) is 0 Å². The molecule has 0 bridgehead atoms. The fraction of sp³-hybridized carbons (Fsp3) is 1.00. The van der Waals surface area contributed by atoms with Gasteiger partial charge in [-0.2, -0.15) is 0 Å². The van der Waals surface area contributed by atoms with E-state index in [0.29, 0.717) is 17.4 Å². The van der Waals surface area contributed by atoms with Gasteiger partial charge in [-0.1, -0.05) is 13.8 Å². The highest BCUT2D eigenvalue weighted by atomic mass is 16.3. The number of aliphatic hydroxyl groups is 1. The number of nitrogens with zero attached hydrogens (tertiary/aromatic N) is 1. The predicted molar refractivity (Wildman–Crippen MR) is 66.4 cm³/mol. The van der Waals surface area contributed by atoms with Gasteiger partial charge in [-0.3, -0.25) is 4.90 Å². The Hall–Kier alpha value is -0.0151. The first-order valence-corrected chi connectivity index (χ1v) is 6.47. The van der Waals surface area contributed by atoms with E-state index in [-0.39, 0.29) is 8.41 Å². The standard InChI is InChI=1S/C13H23NO.B/c1-9(2)13(15)8-14-7-6-10-4-5-11(13)12(10,14)3;/h9-11,15H,4-8H2,1-3H3;/t10-,11-,12+,13-;/m0./s1. The van der Waals surface area contributed by atoms with Crippen molar-refractivity contribution in [2.24, 2.45) is 17.8 Å². The van der Waals surface area contributed by atoms with Gasteiger partial charge in [-0.05, 0) is 44.6 Å². The Morgan fingerprint density at radius 1 is 1.25 bits per heavy atom. The van der Waals surface area contributed by atoms with Crippen LogP contribution in [-0.2, 0) is 0 Å². The summed E-state index contributed by atoms with van der Waals surface area (Å²) in [6, 6.07) is 0. The summed E-state index contributed by atoms with van der Waals surface area (Å²) in [5, 5.41) is 10.9. The predicted octanol–water partition coefficient (Wildman–Crippen LogP) is 1.50. The van der Waals surface area contributed by atoms with Gasteiger partial charge >= 0.3 is 0 Å². The molecule has 3 radical (unpaired) electrons. The Morgan fingerprint density at radius 3 is 2.56 bits per heavy atom. The average Bonchev–Trinajstić information content (AvgIpc) is 2.70. The molecule has 2 heterocycles. The molecule has 1 saturated carbocycles. The van der Waals surface area contributed by atoms with Crippen molar-refractivity contribution in [1.82, 2.24) is 4.90 Å². The quantitative estimate of drug-likeness (QED) is 0.677. The molecule has 2 aliphatic heterocycles. The third-order valence-corrected chi connectivity index (χ3v) is 5.81. The van der Waals surface area contributed by atoms with Gasteiger partial charge in [0.25, 0.3) is 0 Å². The largest absolute Gasteiger partial charge is 0.388 e. The van der Waals surface area contributed by atoms with Crippen LogP contribution in [0.2, 0.25) is 0 Å². The molecule has 1 aliphatic carbocycles. The maximum atomic E-state index is 10.9. The molecule has 3 heteroatoms. The van der Waals surface area contributed by atoms with Gasteiger partial charge in [-0.15, -0.1) is 0 Å². The van der Waals surface area contributed by atoms with E-state index in [1.54, 1.807) is 0 Å². The van der Waals surface area contributed by atoms with Gasteiger partial charge in [0.2, 0.25) is 0 Å². The molecule has 0 spiro atoms. The number of hydrogen-bond donors (Lipinski definition) is 1. The number of rotatable bonds is 1. The van der Waals surface area contributed by atoms with Crippen LogP contribution < -0.4 is 0 Å². The first kappa shape index (κ1) is 12.4. The van der Waals surface area contributed by atoms with Gasteiger partial charge in [0, 0.05) is 26.4 Å². The number of hydrogen-bond acceptors (Lipinski definition) is 2. The fourth-order valence-electron chi connectivity index (χ4n) is 4.71. The number of β-amino-alcohol motifs (C(OH)–C–C–N with tert-alkyl or cyclic N) is 1. The zero-order valence-corrected chi connectivity index (χ0v) is 10.7. The molecule has 0 aromatic rings. The Bertz CT molecular complexity index is 296. The fourth-order valence-corrected chi connectivity index (χ4v) is 4.71. The lowest BCUT2D eigenvalue weighted by molar-refractivity contribution is -0.0369. The summed E-state index contributed by atoms with van der Waals surface area (Å²) in [5.74, 6) is 1.77. The molecular weight excluding hydrogens is 197 g/mol. The van der Waals surface area contributed by atoms with Crippen molar-refractivity contribution >= 4 is 8.41 Å². The lowest BCUT2D eigenvalue weighted by atomic mass is 9.73. The minimum absolute atomic E-state index is 0. The Balaban J connectivity index is 0.000000963. The topological polar surface area (TPSA) is 23.5 Å². The van der Waals surface area contributed by atoms with Crippen molar-refractivity contribution in [3.05, 3.63) is 0 Å². The molecule has 16 heavy (non-hydrogen) atoms. The molecule has 89 valence electrons. The van der Waals surface area contributed by atoms with E-state index < -0.39 is 5.60 Å². The normalized spacial score (nSPS) is 50.8. The molecule has 4 atom stereocenters. The van der Waals surface area contributed by atoms with Gasteiger partial charge in [0.15, 0.2) is 0 Å². The van der Waals surface area contributed by atoms with E-state index in [0.717, 1.165) is 12.5 Å². The van der Waals surface area contributed by atoms with E-state index in [2.05, 4.69) is 25.7 Å². The van der Waals surface area contributed by atoms with Gasteiger partial charge in [0.05, 0.1) is 5.60 Å². The minimum atomic E-state index is -0.413. The highest BCUT2D eigenvalue weighted by molar-refractivity contribution is 5.75. The van der Waals surface area contributed by atoms with E-state index in [1.165, 1.54) is 25.8 Å². The van der Waals surface area contributed by atoms with Gasteiger partial charge in [-0.25, -0.2) is 0 Å². The van der Waals surface area contributed by atoms with Crippen LogP contribution in [0.3, 0.4) is 0 Å². The molecule has 0 amide bonds. The third kappa shape index (κ3) is 1.17. The van der Waals surface area contributed by atoms with E-state index >= 15 is 0 Å². The molecule has 0 unspecified atom stereocenters. The third-order valence-electron chi connectivity index (χ3n) is 5.81. The van der Waals surface area contributed by atoms with Crippen LogP contribution in [0.1, 0.15) is 40.0 Å². The molecule has 0 aromatic carbocycles. The molecule has 1 N–H and O–H groups in total. The van der Waals surface area contributed by atoms with Crippen LogP contribution in [-0.4, -0.2) is 42.6 Å². The first-order chi connectivity index (χ1) is 6.99. The summed E-state index contributed by atoms with van der Waals surface area (Å²) in [4.78, 5) is 2.58. The second kappa shape index (κ2) is 3.49. The minimum Gasteiger partial charge on any atom is -0.388 e. The van der Waals surface area contributed by atoms with Crippen LogP contribution in [0.5, 0.6) is 0 Å². The molecule has 2 saturated heterocycles. The Labute approximate surface area is 101 Å². The molecule has 3 rings (SSSR count). The van der Waals surface area contributed by atoms with Crippen molar-refractivity contribution in [2.45, 2.75) is 51.2 Å². The highest BCUT2D eigenvalue weighted by Crippen LogP contribution is 2.60. The first-order valence-electron chi connectivity index (χ1n) is 6.47. The molecule has 3 aliphatic rings. The SMILES string of the molecule is CC(C)[C@@]1(O)CN2CC[C@@H]3CC[C@H]1[C@@]32C.[B]. The van der Waals surface area contributed by atoms with Crippen molar-refractivity contribution in [3.63, 3.8) is 0 Å². The van der Waals surface area contributed by atoms with Gasteiger partial charge in [0.1, 0.15) is 0 Å². The molecule has 3 fully saturated rings. The average molecular weight is 220 g/mol. The zero-order valence-electron chi connectivity index (χ0n) is 10.7. The second-order valence-electron chi connectivity index (χ2n) is 6.41. The second-order valence-corrected chi connectivity index (χ2v) is 6.41. The Morgan fingerprint density at radius 2 is 1.94 bits per heavy atom. The van der Waals surface area contributed by atoms with Crippen molar-refractivity contribution < 1.29 is 5.11 Å². The lowest BCUT2D eigenvalue weighted by Gasteiger charge is -2.36. The monoisotopic (exact) mass is 220 g/mol. The van der Waals surface area contributed by atoms with E-state index in [9.17, 15) is 5.11 Å². The summed E-state index contributed by atoms with van der Waals surface area (Å²) in [7, 11) is 0. The van der Waals surface area contributed by atoms with Crippen LogP contribution in [0.15, 0.2) is 0 Å². The van der Waals surface area contributed by atoms with Crippen molar-refractivity contribution in [1.29, 1.82) is 0 Å². The molecular formula is C13H23BNO. The Kier molecular flexibility index (Phi) is 2.71. The summed E-state index contributed by atoms with van der Waals surface area (Å²) >= 11 is 0. The van der Waals surface area contributed by atoms with Gasteiger partial charge < -0.3 is 5.11 Å². The lowest BCUT2D eigenvalue weighted by Crippen LogP contribution is -2.46. The molecule has 2 nitrogen and oxygen atoms in total. The maximum Gasteiger partial charge on any atom is 0.0842 e. The van der Waals surface area contributed by atoms with E-state index in [1.807, 2.05) is 0 Å². The summed E-state index contributed by atoms with van der Waals surface area (Å²) in [6.45, 7) is 8.90. The zero-order chi connectivity index (χ0) is 10.8. The highest BCUT2D eigenvalue weighted by Gasteiger charge is 2.66. The smallest absolute Gasteiger partial charge is 0.0842 e. The van der Waals surface area contributed by atoms with Crippen LogP contribution in [0.25, 0.3) is 0 Å². The van der Waals surface area contributed by atoms with Crippen molar-refractivity contribution in [2.75, 3.05) is 13.1 Å². The summed E-state index contributed by atoms with van der Waals surface area (Å²) in [5.41, 5.74) is -0.0804.